The van der Waals surface area contributed by atoms with E-state index in [2.05, 4.69) is 52.9 Å². The van der Waals surface area contributed by atoms with Gasteiger partial charge in [0, 0.05) is 19.5 Å². The Hall–Kier alpha value is -1.11. The van der Waals surface area contributed by atoms with Crippen molar-refractivity contribution >= 4 is 6.09 Å². The second kappa shape index (κ2) is 17.5. The van der Waals surface area contributed by atoms with Crippen LogP contribution in [0.5, 0.6) is 0 Å². The van der Waals surface area contributed by atoms with Crippen molar-refractivity contribution in [3.63, 3.8) is 0 Å². The van der Waals surface area contributed by atoms with Crippen molar-refractivity contribution in [2.24, 2.45) is 63.7 Å². The van der Waals surface area contributed by atoms with Crippen LogP contribution in [-0.2, 0) is 4.74 Å². The quantitative estimate of drug-likeness (QED) is 0.103. The maximum Gasteiger partial charge on any atom is 0.410 e. The van der Waals surface area contributed by atoms with Crippen LogP contribution in [0.25, 0.3) is 0 Å². The molecule has 9 atom stereocenters. The van der Waals surface area contributed by atoms with E-state index in [1.165, 1.54) is 51.4 Å². The van der Waals surface area contributed by atoms with Crippen LogP contribution in [-0.4, -0.2) is 56.4 Å². The number of carbonyl (C=O) groups excluding carboxylic acids is 1. The van der Waals surface area contributed by atoms with E-state index in [9.17, 15) is 4.79 Å². The molecule has 46 heavy (non-hydrogen) atoms. The molecule has 0 aliphatic heterocycles. The van der Waals surface area contributed by atoms with E-state index in [1.54, 1.807) is 5.57 Å². The molecule has 3 saturated carbocycles. The zero-order valence-electron chi connectivity index (χ0n) is 31.0. The number of unbranched alkanes of at least 4 members (excludes halogenated alkanes) is 1. The van der Waals surface area contributed by atoms with Crippen molar-refractivity contribution in [2.75, 3.05) is 39.3 Å². The first-order valence-corrected chi connectivity index (χ1v) is 19.8. The zero-order chi connectivity index (χ0) is 33.3. The van der Waals surface area contributed by atoms with Gasteiger partial charge in [0.1, 0.15) is 6.10 Å². The molecule has 6 heteroatoms. The number of allylic oxidation sites excluding steroid dienone is 1. The highest BCUT2D eigenvalue weighted by molar-refractivity contribution is 5.67. The number of hydrogen-bond acceptors (Lipinski definition) is 5. The lowest BCUT2D eigenvalue weighted by Gasteiger charge is -2.58. The van der Waals surface area contributed by atoms with Crippen LogP contribution in [0.3, 0.4) is 0 Å². The monoisotopic (exact) mass is 643 g/mol. The van der Waals surface area contributed by atoms with Crippen molar-refractivity contribution in [1.29, 1.82) is 0 Å². The van der Waals surface area contributed by atoms with Gasteiger partial charge in [0.2, 0.25) is 0 Å². The number of carbonyl (C=O) groups is 1. The van der Waals surface area contributed by atoms with Gasteiger partial charge in [-0.3, -0.25) is 0 Å². The minimum absolute atomic E-state index is 0.00466. The minimum atomic E-state index is -0.134. The lowest BCUT2D eigenvalue weighted by atomic mass is 9.47. The highest BCUT2D eigenvalue weighted by Gasteiger charge is 2.59. The molecule has 0 aromatic heterocycles. The van der Waals surface area contributed by atoms with Crippen LogP contribution in [0.2, 0.25) is 0 Å². The van der Waals surface area contributed by atoms with Gasteiger partial charge in [-0.25, -0.2) is 4.79 Å². The van der Waals surface area contributed by atoms with Crippen LogP contribution < -0.4 is 16.8 Å². The van der Waals surface area contributed by atoms with Crippen molar-refractivity contribution < 1.29 is 9.53 Å². The molecular weight excluding hydrogens is 568 g/mol. The molecule has 0 heterocycles. The molecule has 0 radical (unpaired) electrons. The normalized spacial score (nSPS) is 33.5. The molecule has 266 valence electrons. The van der Waals surface area contributed by atoms with E-state index in [0.717, 1.165) is 113 Å². The molecule has 1 unspecified atom stereocenters. The Kier molecular flexibility index (Phi) is 14.4. The summed E-state index contributed by atoms with van der Waals surface area (Å²) < 4.78 is 6.25. The molecule has 3 fully saturated rings. The highest BCUT2D eigenvalue weighted by Crippen LogP contribution is 2.67. The number of amides is 1. The molecule has 0 saturated heterocycles. The fraction of sp³-hybridized carbons (Fsp3) is 0.925. The molecule has 1 amide bonds. The first kappa shape index (κ1) is 37.7. The van der Waals surface area contributed by atoms with Gasteiger partial charge in [-0.2, -0.15) is 0 Å². The van der Waals surface area contributed by atoms with Gasteiger partial charge in [-0.05, 0) is 155 Å². The maximum atomic E-state index is 13.4. The third-order valence-electron chi connectivity index (χ3n) is 14.0. The van der Waals surface area contributed by atoms with E-state index in [0.29, 0.717) is 18.5 Å². The summed E-state index contributed by atoms with van der Waals surface area (Å²) in [4.78, 5) is 15.3. The van der Waals surface area contributed by atoms with Gasteiger partial charge in [0.25, 0.3) is 0 Å². The zero-order valence-corrected chi connectivity index (χ0v) is 31.0. The second-order valence-corrected chi connectivity index (χ2v) is 16.9. The van der Waals surface area contributed by atoms with Crippen LogP contribution in [0, 0.1) is 52.3 Å². The van der Waals surface area contributed by atoms with E-state index in [1.807, 2.05) is 4.90 Å². The standard InChI is InChI=1S/C40H74N4O2/c1-7-31(29(2)3)13-12-30(4)35-16-17-36-34-15-14-32-28-33(18-20-39(32,5)37(34)19-21-40(35,36)6)46-38(45)44(27-11-23-42)26-9-8-24-43-25-10-22-41/h14,29-31,33-37,43H,7-13,15-28,41-42H2,1-6H3/t30-,31-,33+,34+,35-,36+,37?,39+,40-/m1/s1. The number of fused-ring (bicyclic) bond motifs is 5. The molecule has 0 aromatic carbocycles. The average Bonchev–Trinajstić information content (AvgIpc) is 3.39. The van der Waals surface area contributed by atoms with E-state index in [-0.39, 0.29) is 17.6 Å². The molecule has 4 aliphatic rings. The van der Waals surface area contributed by atoms with Crippen LogP contribution in [0.15, 0.2) is 11.6 Å². The van der Waals surface area contributed by atoms with Crippen molar-refractivity contribution in [3.05, 3.63) is 11.6 Å². The molecule has 5 N–H and O–H groups in total. The van der Waals surface area contributed by atoms with Crippen molar-refractivity contribution in [1.82, 2.24) is 10.2 Å². The molecule has 4 rings (SSSR count). The summed E-state index contributed by atoms with van der Waals surface area (Å²) in [6.45, 7) is 19.8. The Labute approximate surface area is 284 Å². The lowest BCUT2D eigenvalue weighted by Crippen LogP contribution is -2.51. The summed E-state index contributed by atoms with van der Waals surface area (Å²) in [5, 5.41) is 3.44. The minimum Gasteiger partial charge on any atom is -0.446 e. The molecule has 0 spiro atoms. The maximum absolute atomic E-state index is 13.4. The summed E-state index contributed by atoms with van der Waals surface area (Å²) in [5.41, 5.74) is 13.8. The summed E-state index contributed by atoms with van der Waals surface area (Å²) in [6, 6.07) is 0. The third kappa shape index (κ3) is 8.72. The summed E-state index contributed by atoms with van der Waals surface area (Å²) >= 11 is 0. The summed E-state index contributed by atoms with van der Waals surface area (Å²) in [6.07, 6.45) is 20.5. The number of ether oxygens (including phenoxy) is 1. The van der Waals surface area contributed by atoms with Gasteiger partial charge in [0.15, 0.2) is 0 Å². The smallest absolute Gasteiger partial charge is 0.410 e. The summed E-state index contributed by atoms with van der Waals surface area (Å²) in [5.74, 6) is 5.93. The Morgan fingerprint density at radius 1 is 0.957 bits per heavy atom. The van der Waals surface area contributed by atoms with Crippen LogP contribution >= 0.6 is 0 Å². The second-order valence-electron chi connectivity index (χ2n) is 16.9. The van der Waals surface area contributed by atoms with Gasteiger partial charge in [-0.15, -0.1) is 0 Å². The molecular formula is C40H74N4O2. The number of rotatable bonds is 18. The Morgan fingerprint density at radius 3 is 2.41 bits per heavy atom. The Balaban J connectivity index is 1.33. The van der Waals surface area contributed by atoms with Gasteiger partial charge in [0.05, 0.1) is 0 Å². The Bertz CT molecular complexity index is 969. The summed E-state index contributed by atoms with van der Waals surface area (Å²) in [7, 11) is 0. The molecule has 0 aromatic rings. The van der Waals surface area contributed by atoms with E-state index >= 15 is 0 Å². The largest absolute Gasteiger partial charge is 0.446 e. The van der Waals surface area contributed by atoms with Crippen LogP contribution in [0.1, 0.15) is 138 Å². The average molecular weight is 643 g/mol. The molecule has 4 aliphatic carbocycles. The van der Waals surface area contributed by atoms with Gasteiger partial charge < -0.3 is 26.4 Å². The Morgan fingerprint density at radius 2 is 1.70 bits per heavy atom. The fourth-order valence-corrected chi connectivity index (χ4v) is 11.1. The van der Waals surface area contributed by atoms with Crippen LogP contribution in [0.4, 0.5) is 4.79 Å². The topological polar surface area (TPSA) is 93.6 Å². The molecule has 6 nitrogen and oxygen atoms in total. The number of hydrogen-bond donors (Lipinski definition) is 3. The van der Waals surface area contributed by atoms with Gasteiger partial charge >= 0.3 is 6.09 Å². The lowest BCUT2D eigenvalue weighted by molar-refractivity contribution is -0.0595. The highest BCUT2D eigenvalue weighted by atomic mass is 16.6. The predicted octanol–water partition coefficient (Wildman–Crippen LogP) is 8.54. The predicted molar refractivity (Wildman–Crippen MR) is 193 cm³/mol. The number of nitrogens with one attached hydrogen (secondary N) is 1. The van der Waals surface area contributed by atoms with E-state index in [4.69, 9.17) is 16.2 Å². The number of nitrogens with two attached hydrogens (primary N) is 2. The van der Waals surface area contributed by atoms with Crippen molar-refractivity contribution in [2.45, 2.75) is 144 Å². The first-order chi connectivity index (χ1) is 22.1. The van der Waals surface area contributed by atoms with E-state index < -0.39 is 0 Å². The first-order valence-electron chi connectivity index (χ1n) is 19.8. The van der Waals surface area contributed by atoms with Crippen molar-refractivity contribution in [3.8, 4) is 0 Å². The third-order valence-corrected chi connectivity index (χ3v) is 14.0. The fourth-order valence-electron chi connectivity index (χ4n) is 11.1. The SMILES string of the molecule is CC[C@H](CC[C@@H](C)[C@H]1CC[C@H]2[C@@H]3CC=C4C[C@@H](OC(=O)N(CCCN)CCCCNCCCN)CC[C@]4(C)C3CC[C@]12C)C(C)C. The van der Waals surface area contributed by atoms with Gasteiger partial charge in [-0.1, -0.05) is 66.0 Å². The number of nitrogens with zero attached hydrogens (tertiary/aromatic N) is 1. The molecule has 0 bridgehead atoms.